The molecule has 0 heterocycles. The minimum Gasteiger partial charge on any atom is -0.330 e. The predicted octanol–water partition coefficient (Wildman–Crippen LogP) is 2.49. The highest BCUT2D eigenvalue weighted by molar-refractivity contribution is 7.89. The van der Waals surface area contributed by atoms with Gasteiger partial charge in [0.1, 0.15) is 5.82 Å². The van der Waals surface area contributed by atoms with Crippen LogP contribution in [0.3, 0.4) is 0 Å². The summed E-state index contributed by atoms with van der Waals surface area (Å²) in [5, 5.41) is 0. The van der Waals surface area contributed by atoms with Gasteiger partial charge in [0.05, 0.1) is 4.90 Å². The van der Waals surface area contributed by atoms with E-state index >= 15 is 0 Å². The first-order valence-electron chi connectivity index (χ1n) is 7.05. The second kappa shape index (κ2) is 6.85. The Morgan fingerprint density at radius 1 is 1.24 bits per heavy atom. The maximum atomic E-state index is 13.3. The smallest absolute Gasteiger partial charge is 0.241 e. The van der Waals surface area contributed by atoms with Crippen LogP contribution in [0.5, 0.6) is 0 Å². The first kappa shape index (κ1) is 18.1. The summed E-state index contributed by atoms with van der Waals surface area (Å²) in [6.07, 6.45) is 1.69. The molecule has 0 amide bonds. The van der Waals surface area contributed by atoms with Crippen LogP contribution in [0.4, 0.5) is 4.39 Å². The lowest BCUT2D eigenvalue weighted by Crippen LogP contribution is -2.35. The first-order valence-corrected chi connectivity index (χ1v) is 8.54. The number of nitrogens with two attached hydrogens (primary N) is 1. The Morgan fingerprint density at radius 2 is 1.76 bits per heavy atom. The van der Waals surface area contributed by atoms with Gasteiger partial charge < -0.3 is 5.73 Å². The fourth-order valence-corrected chi connectivity index (χ4v) is 4.04. The van der Waals surface area contributed by atoms with Crippen molar-refractivity contribution in [3.8, 4) is 0 Å². The van der Waals surface area contributed by atoms with Gasteiger partial charge in [-0.05, 0) is 61.9 Å². The average Bonchev–Trinajstić information content (AvgIpc) is 2.33. The van der Waals surface area contributed by atoms with E-state index in [4.69, 9.17) is 5.73 Å². The monoisotopic (exact) mass is 316 g/mol. The second-order valence-electron chi connectivity index (χ2n) is 6.25. The summed E-state index contributed by atoms with van der Waals surface area (Å²) in [4.78, 5) is 0.165. The van der Waals surface area contributed by atoms with E-state index in [0.717, 1.165) is 12.8 Å². The van der Waals surface area contributed by atoms with Crippen molar-refractivity contribution >= 4 is 10.0 Å². The number of sulfonamides is 1. The molecule has 1 rings (SSSR count). The van der Waals surface area contributed by atoms with Gasteiger partial charge in [-0.15, -0.1) is 0 Å². The van der Waals surface area contributed by atoms with E-state index in [1.54, 1.807) is 13.8 Å². The molecule has 0 spiro atoms. The van der Waals surface area contributed by atoms with Crippen LogP contribution < -0.4 is 10.5 Å². The SMILES string of the molecule is Cc1cc(F)cc(C)c1S(=O)(=O)NCC(C)(C)CCCN. The molecule has 0 fully saturated rings. The van der Waals surface area contributed by atoms with Crippen molar-refractivity contribution in [3.63, 3.8) is 0 Å². The van der Waals surface area contributed by atoms with Crippen LogP contribution in [-0.4, -0.2) is 21.5 Å². The molecule has 21 heavy (non-hydrogen) atoms. The van der Waals surface area contributed by atoms with E-state index in [9.17, 15) is 12.8 Å². The van der Waals surface area contributed by atoms with Gasteiger partial charge in [0, 0.05) is 6.54 Å². The lowest BCUT2D eigenvalue weighted by Gasteiger charge is -2.25. The van der Waals surface area contributed by atoms with Crippen LogP contribution in [0.25, 0.3) is 0 Å². The normalized spacial score (nSPS) is 12.7. The Hall–Kier alpha value is -0.980. The molecule has 0 aliphatic heterocycles. The van der Waals surface area contributed by atoms with Gasteiger partial charge in [0.15, 0.2) is 0 Å². The van der Waals surface area contributed by atoms with Crippen molar-refractivity contribution in [2.45, 2.75) is 45.4 Å². The Bertz CT molecular complexity index is 575. The quantitative estimate of drug-likeness (QED) is 0.812. The number of aryl methyl sites for hydroxylation is 2. The maximum Gasteiger partial charge on any atom is 0.241 e. The lowest BCUT2D eigenvalue weighted by atomic mass is 9.88. The van der Waals surface area contributed by atoms with E-state index in [2.05, 4.69) is 4.72 Å². The molecule has 0 saturated carbocycles. The topological polar surface area (TPSA) is 72.2 Å². The van der Waals surface area contributed by atoms with E-state index in [1.807, 2.05) is 13.8 Å². The van der Waals surface area contributed by atoms with Crippen molar-refractivity contribution in [1.29, 1.82) is 0 Å². The van der Waals surface area contributed by atoms with Crippen LogP contribution >= 0.6 is 0 Å². The van der Waals surface area contributed by atoms with Crippen molar-refractivity contribution in [2.75, 3.05) is 13.1 Å². The Labute approximate surface area is 127 Å². The highest BCUT2D eigenvalue weighted by Gasteiger charge is 2.24. The average molecular weight is 316 g/mol. The number of rotatable bonds is 7. The molecule has 0 unspecified atom stereocenters. The first-order chi connectivity index (χ1) is 9.59. The molecule has 120 valence electrons. The molecule has 4 nitrogen and oxygen atoms in total. The molecule has 0 radical (unpaired) electrons. The van der Waals surface area contributed by atoms with E-state index in [-0.39, 0.29) is 10.3 Å². The predicted molar refractivity (Wildman–Crippen MR) is 83.1 cm³/mol. The lowest BCUT2D eigenvalue weighted by molar-refractivity contribution is 0.327. The van der Waals surface area contributed by atoms with Crippen molar-refractivity contribution in [1.82, 2.24) is 4.72 Å². The van der Waals surface area contributed by atoms with Gasteiger partial charge in [-0.3, -0.25) is 0 Å². The molecule has 0 aliphatic rings. The minimum atomic E-state index is -3.64. The van der Waals surface area contributed by atoms with Gasteiger partial charge >= 0.3 is 0 Å². The third kappa shape index (κ3) is 5.05. The number of nitrogens with one attached hydrogen (secondary N) is 1. The van der Waals surface area contributed by atoms with E-state index in [0.29, 0.717) is 24.2 Å². The van der Waals surface area contributed by atoms with E-state index in [1.165, 1.54) is 12.1 Å². The largest absolute Gasteiger partial charge is 0.330 e. The Balaban J connectivity index is 2.93. The maximum absolute atomic E-state index is 13.3. The number of halogens is 1. The number of benzene rings is 1. The van der Waals surface area contributed by atoms with Crippen molar-refractivity contribution in [3.05, 3.63) is 29.1 Å². The summed E-state index contributed by atoms with van der Waals surface area (Å²) in [5.41, 5.74) is 6.15. The van der Waals surface area contributed by atoms with Crippen LogP contribution in [0, 0.1) is 25.1 Å². The van der Waals surface area contributed by atoms with Gasteiger partial charge in [-0.25, -0.2) is 17.5 Å². The minimum absolute atomic E-state index is 0.165. The molecular formula is C15H25FN2O2S. The third-order valence-electron chi connectivity index (χ3n) is 3.49. The molecule has 1 aromatic rings. The zero-order valence-electron chi connectivity index (χ0n) is 13.2. The van der Waals surface area contributed by atoms with Crippen LogP contribution in [0.15, 0.2) is 17.0 Å². The van der Waals surface area contributed by atoms with Gasteiger partial charge in [-0.1, -0.05) is 13.8 Å². The summed E-state index contributed by atoms with van der Waals surface area (Å²) in [6.45, 7) is 8.11. The van der Waals surface area contributed by atoms with Crippen molar-refractivity contribution in [2.24, 2.45) is 11.1 Å². The third-order valence-corrected chi connectivity index (χ3v) is 5.20. The number of hydrogen-bond acceptors (Lipinski definition) is 3. The molecule has 1 aromatic carbocycles. The van der Waals surface area contributed by atoms with Crippen LogP contribution in [-0.2, 0) is 10.0 Å². The fourth-order valence-electron chi connectivity index (χ4n) is 2.35. The Morgan fingerprint density at radius 3 is 2.24 bits per heavy atom. The molecule has 0 atom stereocenters. The zero-order valence-corrected chi connectivity index (χ0v) is 14.0. The van der Waals surface area contributed by atoms with Crippen LogP contribution in [0.1, 0.15) is 37.8 Å². The standard InChI is InChI=1S/C15H25FN2O2S/c1-11-8-13(16)9-12(2)14(11)21(19,20)18-10-15(3,4)6-5-7-17/h8-9,18H,5-7,10,17H2,1-4H3. The molecule has 6 heteroatoms. The molecule has 0 aromatic heterocycles. The second-order valence-corrected chi connectivity index (χ2v) is 7.95. The van der Waals surface area contributed by atoms with Crippen LogP contribution in [0.2, 0.25) is 0 Å². The number of hydrogen-bond donors (Lipinski definition) is 2. The molecule has 0 saturated heterocycles. The zero-order chi connectivity index (χ0) is 16.3. The molecule has 3 N–H and O–H groups in total. The fraction of sp³-hybridized carbons (Fsp3) is 0.600. The summed E-state index contributed by atoms with van der Waals surface area (Å²) >= 11 is 0. The summed E-state index contributed by atoms with van der Waals surface area (Å²) in [7, 11) is -3.64. The van der Waals surface area contributed by atoms with E-state index < -0.39 is 15.8 Å². The summed E-state index contributed by atoms with van der Waals surface area (Å²) in [5.74, 6) is -0.424. The van der Waals surface area contributed by atoms with Gasteiger partial charge in [0.25, 0.3) is 0 Å². The highest BCUT2D eigenvalue weighted by Crippen LogP contribution is 2.24. The Kier molecular flexibility index (Phi) is 5.90. The summed E-state index contributed by atoms with van der Waals surface area (Å²) < 4.78 is 40.8. The van der Waals surface area contributed by atoms with Crippen molar-refractivity contribution < 1.29 is 12.8 Å². The molecular weight excluding hydrogens is 291 g/mol. The van der Waals surface area contributed by atoms with Gasteiger partial charge in [0.2, 0.25) is 10.0 Å². The molecule has 0 aliphatic carbocycles. The highest BCUT2D eigenvalue weighted by atomic mass is 32.2. The molecule has 0 bridgehead atoms. The van der Waals surface area contributed by atoms with Gasteiger partial charge in [-0.2, -0.15) is 0 Å². The summed E-state index contributed by atoms with van der Waals surface area (Å²) in [6, 6.07) is 2.47.